The Kier molecular flexibility index (Phi) is 5.58. The second-order valence-electron chi connectivity index (χ2n) is 4.69. The van der Waals surface area contributed by atoms with Crippen molar-refractivity contribution in [2.75, 3.05) is 11.3 Å². The predicted molar refractivity (Wildman–Crippen MR) is 88.7 cm³/mol. The van der Waals surface area contributed by atoms with Crippen molar-refractivity contribution in [2.24, 2.45) is 0 Å². The molecule has 0 fully saturated rings. The molecule has 0 bridgehead atoms. The van der Waals surface area contributed by atoms with Crippen LogP contribution in [0.15, 0.2) is 57.9 Å². The minimum absolute atomic E-state index is 0.0986. The summed E-state index contributed by atoms with van der Waals surface area (Å²) in [6.45, 7) is -0.600. The number of nitrogens with one attached hydrogen (secondary N) is 2. The van der Waals surface area contributed by atoms with Gasteiger partial charge in [0.1, 0.15) is 0 Å². The molecule has 126 valence electrons. The lowest BCUT2D eigenvalue weighted by atomic mass is 10.2. The number of benzene rings is 2. The van der Waals surface area contributed by atoms with Crippen LogP contribution >= 0.6 is 15.9 Å². The third-order valence-electron chi connectivity index (χ3n) is 2.92. The minimum atomic E-state index is -3.74. The Balaban J connectivity index is 2.09. The summed E-state index contributed by atoms with van der Waals surface area (Å²) in [7, 11) is -3.74. The average molecular weight is 412 g/mol. The molecule has 0 unspecified atom stereocenters. The molecule has 0 heterocycles. The number of anilines is 1. The highest BCUT2D eigenvalue weighted by atomic mass is 79.9. The van der Waals surface area contributed by atoms with E-state index in [2.05, 4.69) is 26.0 Å². The number of amides is 1. The van der Waals surface area contributed by atoms with Crippen molar-refractivity contribution >= 4 is 43.5 Å². The van der Waals surface area contributed by atoms with Crippen LogP contribution in [-0.4, -0.2) is 26.8 Å². The summed E-state index contributed by atoms with van der Waals surface area (Å²) in [5.74, 6) is -2.00. The second kappa shape index (κ2) is 7.45. The molecule has 0 atom stereocenters. The Morgan fingerprint density at radius 1 is 1.00 bits per heavy atom. The highest BCUT2D eigenvalue weighted by molar-refractivity contribution is 9.10. The van der Waals surface area contributed by atoms with E-state index in [1.807, 2.05) is 0 Å². The van der Waals surface area contributed by atoms with E-state index < -0.39 is 28.4 Å². The van der Waals surface area contributed by atoms with E-state index in [0.717, 1.165) is 4.47 Å². The Bertz CT molecular complexity index is 848. The number of carboxylic acids is 1. The van der Waals surface area contributed by atoms with Gasteiger partial charge >= 0.3 is 0 Å². The number of rotatable bonds is 6. The molecule has 0 radical (unpaired) electrons. The van der Waals surface area contributed by atoms with Crippen LogP contribution < -0.4 is 15.1 Å². The third-order valence-corrected chi connectivity index (χ3v) is 4.84. The summed E-state index contributed by atoms with van der Waals surface area (Å²) in [6.07, 6.45) is 0. The lowest BCUT2D eigenvalue weighted by Gasteiger charge is -2.09. The van der Waals surface area contributed by atoms with E-state index in [1.54, 1.807) is 12.1 Å². The number of carbonyl (C=O) groups is 2. The maximum Gasteiger partial charge on any atom is 0.261 e. The molecule has 9 heteroatoms. The van der Waals surface area contributed by atoms with Gasteiger partial charge in [0.2, 0.25) is 0 Å². The number of carbonyl (C=O) groups excluding carboxylic acids is 2. The van der Waals surface area contributed by atoms with E-state index in [4.69, 9.17) is 0 Å². The molecule has 24 heavy (non-hydrogen) atoms. The van der Waals surface area contributed by atoms with Gasteiger partial charge in [0, 0.05) is 15.7 Å². The summed E-state index contributed by atoms with van der Waals surface area (Å²) in [5.41, 5.74) is 0.470. The van der Waals surface area contributed by atoms with Crippen molar-refractivity contribution in [3.05, 3.63) is 58.6 Å². The van der Waals surface area contributed by atoms with Crippen molar-refractivity contribution in [2.45, 2.75) is 4.90 Å². The van der Waals surface area contributed by atoms with Gasteiger partial charge in [-0.15, -0.1) is 0 Å². The molecule has 0 saturated heterocycles. The number of hydrogen-bond donors (Lipinski definition) is 2. The number of carboxylic acid groups (broad SMARTS) is 1. The fraction of sp³-hybridized carbons (Fsp3) is 0.0667. The highest BCUT2D eigenvalue weighted by Gasteiger charge is 2.14. The van der Waals surface area contributed by atoms with Gasteiger partial charge in [-0.25, -0.2) is 8.42 Å². The van der Waals surface area contributed by atoms with Crippen LogP contribution in [0.1, 0.15) is 10.4 Å². The molecular formula is C15H12BrN2O5S-. The Hall–Kier alpha value is -2.39. The van der Waals surface area contributed by atoms with E-state index in [0.29, 0.717) is 0 Å². The number of halogens is 1. The van der Waals surface area contributed by atoms with Gasteiger partial charge in [0.25, 0.3) is 15.9 Å². The first-order valence-electron chi connectivity index (χ1n) is 6.64. The average Bonchev–Trinajstić information content (AvgIpc) is 2.53. The molecule has 1 amide bonds. The predicted octanol–water partition coefficient (Wildman–Crippen LogP) is 0.730. The van der Waals surface area contributed by atoms with Gasteiger partial charge in [-0.05, 0) is 48.5 Å². The zero-order valence-corrected chi connectivity index (χ0v) is 14.6. The van der Waals surface area contributed by atoms with Crippen LogP contribution in [-0.2, 0) is 14.8 Å². The van der Waals surface area contributed by atoms with Crippen LogP contribution in [0.2, 0.25) is 0 Å². The van der Waals surface area contributed by atoms with Gasteiger partial charge in [0.15, 0.2) is 0 Å². The van der Waals surface area contributed by atoms with Crippen molar-refractivity contribution in [3.63, 3.8) is 0 Å². The molecular weight excluding hydrogens is 400 g/mol. The van der Waals surface area contributed by atoms with Crippen molar-refractivity contribution in [3.8, 4) is 0 Å². The molecule has 2 aromatic carbocycles. The normalized spacial score (nSPS) is 10.9. The van der Waals surface area contributed by atoms with Crippen LogP contribution in [0.4, 0.5) is 5.69 Å². The topological polar surface area (TPSA) is 115 Å². The molecule has 2 N–H and O–H groups in total. The van der Waals surface area contributed by atoms with Crippen molar-refractivity contribution in [1.29, 1.82) is 0 Å². The molecule has 0 spiro atoms. The first-order chi connectivity index (χ1) is 11.3. The van der Waals surface area contributed by atoms with E-state index in [1.165, 1.54) is 36.4 Å². The monoisotopic (exact) mass is 411 g/mol. The first-order valence-corrected chi connectivity index (χ1v) is 8.92. The zero-order chi connectivity index (χ0) is 17.7. The molecule has 2 aromatic rings. The summed E-state index contributed by atoms with van der Waals surface area (Å²) in [5, 5.41) is 12.4. The quantitative estimate of drug-likeness (QED) is 0.726. The standard InChI is InChI=1S/C15H13BrN2O5S/c16-11-3-7-13(8-4-11)24(22,23)18-12-5-1-10(2-6-12)15(21)17-9-14(19)20/h1-8,18H,9H2,(H,17,21)(H,19,20)/p-1. The second-order valence-corrected chi connectivity index (χ2v) is 7.29. The maximum atomic E-state index is 12.2. The highest BCUT2D eigenvalue weighted by Crippen LogP contribution is 2.19. The summed E-state index contributed by atoms with van der Waals surface area (Å²) in [6, 6.07) is 11.7. The lowest BCUT2D eigenvalue weighted by molar-refractivity contribution is -0.303. The van der Waals surface area contributed by atoms with E-state index >= 15 is 0 Å². The van der Waals surface area contributed by atoms with Crippen LogP contribution in [0, 0.1) is 0 Å². The molecule has 2 rings (SSSR count). The Labute approximate surface area is 146 Å². The largest absolute Gasteiger partial charge is 0.548 e. The Morgan fingerprint density at radius 2 is 1.58 bits per heavy atom. The van der Waals surface area contributed by atoms with Crippen molar-refractivity contribution in [1.82, 2.24) is 5.32 Å². The van der Waals surface area contributed by atoms with Crippen molar-refractivity contribution < 1.29 is 23.1 Å². The Morgan fingerprint density at radius 3 is 2.12 bits per heavy atom. The SMILES string of the molecule is O=C([O-])CNC(=O)c1ccc(NS(=O)(=O)c2ccc(Br)cc2)cc1. The first kappa shape index (κ1) is 18.0. The molecule has 0 aliphatic carbocycles. The molecule has 0 aliphatic heterocycles. The van der Waals surface area contributed by atoms with Gasteiger partial charge in [-0.1, -0.05) is 15.9 Å². The molecule has 7 nitrogen and oxygen atoms in total. The minimum Gasteiger partial charge on any atom is -0.548 e. The van der Waals surface area contributed by atoms with E-state index in [-0.39, 0.29) is 16.1 Å². The number of hydrogen-bond acceptors (Lipinski definition) is 5. The zero-order valence-electron chi connectivity index (χ0n) is 12.2. The van der Waals surface area contributed by atoms with Gasteiger partial charge in [-0.2, -0.15) is 0 Å². The van der Waals surface area contributed by atoms with E-state index in [9.17, 15) is 23.1 Å². The van der Waals surface area contributed by atoms with Gasteiger partial charge in [-0.3, -0.25) is 9.52 Å². The molecule has 0 saturated carbocycles. The fourth-order valence-electron chi connectivity index (χ4n) is 1.77. The molecule has 0 aromatic heterocycles. The summed E-state index contributed by atoms with van der Waals surface area (Å²) < 4.78 is 27.6. The number of aliphatic carboxylic acids is 1. The smallest absolute Gasteiger partial charge is 0.261 e. The van der Waals surface area contributed by atoms with Gasteiger partial charge < -0.3 is 15.2 Å². The summed E-state index contributed by atoms with van der Waals surface area (Å²) >= 11 is 3.23. The van der Waals surface area contributed by atoms with Crippen LogP contribution in [0.3, 0.4) is 0 Å². The lowest BCUT2D eigenvalue weighted by Crippen LogP contribution is -2.37. The number of sulfonamides is 1. The summed E-state index contributed by atoms with van der Waals surface area (Å²) in [4.78, 5) is 22.0. The third kappa shape index (κ3) is 4.80. The van der Waals surface area contributed by atoms with Crippen LogP contribution in [0.25, 0.3) is 0 Å². The fourth-order valence-corrected chi connectivity index (χ4v) is 3.09. The van der Waals surface area contributed by atoms with Crippen LogP contribution in [0.5, 0.6) is 0 Å². The van der Waals surface area contributed by atoms with Gasteiger partial charge in [0.05, 0.1) is 17.4 Å². The molecule has 0 aliphatic rings. The maximum absolute atomic E-state index is 12.2.